The molecule has 126 valence electrons. The zero-order valence-electron chi connectivity index (χ0n) is 13.6. The number of fused-ring (bicyclic) bond motifs is 1. The normalized spacial score (nSPS) is 12.5. The zero-order valence-corrected chi connectivity index (χ0v) is 13.6. The van der Waals surface area contributed by atoms with E-state index in [0.29, 0.717) is 12.3 Å². The molecule has 0 aromatic heterocycles. The molecule has 0 radical (unpaired) electrons. The molecule has 5 nitrogen and oxygen atoms in total. The molecule has 2 aromatic carbocycles. The van der Waals surface area contributed by atoms with Gasteiger partial charge in [0.15, 0.2) is 11.5 Å². The third kappa shape index (κ3) is 3.83. The Morgan fingerprint density at radius 2 is 2.00 bits per heavy atom. The van der Waals surface area contributed by atoms with Crippen LogP contribution in [-0.4, -0.2) is 31.2 Å². The zero-order chi connectivity index (χ0) is 17.1. The van der Waals surface area contributed by atoms with Crippen LogP contribution in [-0.2, 0) is 11.3 Å². The van der Waals surface area contributed by atoms with Gasteiger partial charge in [0.2, 0.25) is 12.7 Å². The van der Waals surface area contributed by atoms with Crippen molar-refractivity contribution in [1.82, 2.24) is 4.90 Å². The van der Waals surface area contributed by atoms with Gasteiger partial charge in [-0.1, -0.05) is 12.1 Å². The number of hydrogen-bond acceptors (Lipinski definition) is 4. The van der Waals surface area contributed by atoms with Gasteiger partial charge in [-0.05, 0) is 49.4 Å². The topological polar surface area (TPSA) is 50.8 Å². The van der Waals surface area contributed by atoms with Gasteiger partial charge in [0.05, 0.1) is 12.2 Å². The van der Waals surface area contributed by atoms with Crippen molar-refractivity contribution in [2.45, 2.75) is 13.5 Å². The number of halogens is 1. The second-order valence-electron chi connectivity index (χ2n) is 5.89. The fourth-order valence-corrected chi connectivity index (χ4v) is 2.56. The minimum atomic E-state index is -0.429. The molecule has 24 heavy (non-hydrogen) atoms. The number of anilines is 1. The van der Waals surface area contributed by atoms with Crippen molar-refractivity contribution in [3.05, 3.63) is 53.3 Å². The summed E-state index contributed by atoms with van der Waals surface area (Å²) >= 11 is 0. The molecule has 0 fully saturated rings. The molecular weight excluding hydrogens is 311 g/mol. The Morgan fingerprint density at radius 1 is 1.21 bits per heavy atom. The van der Waals surface area contributed by atoms with Gasteiger partial charge >= 0.3 is 0 Å². The molecule has 1 aliphatic rings. The Morgan fingerprint density at radius 3 is 2.79 bits per heavy atom. The number of carbonyl (C=O) groups excluding carboxylic acids is 1. The second kappa shape index (κ2) is 6.88. The van der Waals surface area contributed by atoms with Gasteiger partial charge in [0.1, 0.15) is 5.82 Å². The Kier molecular flexibility index (Phi) is 4.66. The minimum absolute atomic E-state index is 0.155. The van der Waals surface area contributed by atoms with Gasteiger partial charge < -0.3 is 14.8 Å². The largest absolute Gasteiger partial charge is 0.454 e. The number of rotatable bonds is 5. The fourth-order valence-electron chi connectivity index (χ4n) is 2.56. The molecule has 0 saturated carbocycles. The van der Waals surface area contributed by atoms with Gasteiger partial charge in [-0.3, -0.25) is 9.69 Å². The van der Waals surface area contributed by atoms with Crippen LogP contribution in [0.15, 0.2) is 36.4 Å². The minimum Gasteiger partial charge on any atom is -0.454 e. The molecule has 0 atom stereocenters. The first kappa shape index (κ1) is 16.3. The molecule has 1 amide bonds. The highest BCUT2D eigenvalue weighted by molar-refractivity contribution is 5.92. The summed E-state index contributed by atoms with van der Waals surface area (Å²) in [6.07, 6.45) is 0. The van der Waals surface area contributed by atoms with Crippen molar-refractivity contribution < 1.29 is 18.7 Å². The van der Waals surface area contributed by atoms with E-state index in [1.54, 1.807) is 19.1 Å². The lowest BCUT2D eigenvalue weighted by Crippen LogP contribution is -2.30. The second-order valence-corrected chi connectivity index (χ2v) is 5.89. The van der Waals surface area contributed by atoms with E-state index in [-0.39, 0.29) is 24.9 Å². The SMILES string of the molecule is Cc1ccc(NC(=O)CN(C)Cc2ccc3c(c2)OCO3)c(F)c1. The van der Waals surface area contributed by atoms with E-state index in [1.807, 2.05) is 30.1 Å². The Balaban J connectivity index is 1.56. The Hall–Kier alpha value is -2.60. The van der Waals surface area contributed by atoms with Gasteiger partial charge in [-0.2, -0.15) is 0 Å². The molecule has 0 saturated heterocycles. The molecule has 0 bridgehead atoms. The number of ether oxygens (including phenoxy) is 2. The Bertz CT molecular complexity index is 764. The standard InChI is InChI=1S/C18H19FN2O3/c1-12-3-5-15(14(19)7-12)20-18(22)10-21(2)9-13-4-6-16-17(8-13)24-11-23-16/h3-8H,9-11H2,1-2H3,(H,20,22). The lowest BCUT2D eigenvalue weighted by atomic mass is 10.2. The van der Waals surface area contributed by atoms with Crippen LogP contribution < -0.4 is 14.8 Å². The molecular formula is C18H19FN2O3. The predicted molar refractivity (Wildman–Crippen MR) is 88.7 cm³/mol. The van der Waals surface area contributed by atoms with Crippen molar-refractivity contribution in [2.24, 2.45) is 0 Å². The van der Waals surface area contributed by atoms with Crippen LogP contribution in [0.2, 0.25) is 0 Å². The van der Waals surface area contributed by atoms with Crippen molar-refractivity contribution in [1.29, 1.82) is 0 Å². The van der Waals surface area contributed by atoms with Gasteiger partial charge in [-0.25, -0.2) is 4.39 Å². The number of carbonyl (C=O) groups is 1. The molecule has 0 aliphatic carbocycles. The van der Waals surface area contributed by atoms with Crippen LogP contribution in [0.3, 0.4) is 0 Å². The van der Waals surface area contributed by atoms with Crippen LogP contribution in [0.5, 0.6) is 11.5 Å². The van der Waals surface area contributed by atoms with E-state index in [9.17, 15) is 9.18 Å². The summed E-state index contributed by atoms with van der Waals surface area (Å²) in [6.45, 7) is 2.76. The third-order valence-corrected chi connectivity index (χ3v) is 3.70. The highest BCUT2D eigenvalue weighted by Crippen LogP contribution is 2.32. The van der Waals surface area contributed by atoms with Crippen molar-refractivity contribution in [3.63, 3.8) is 0 Å². The van der Waals surface area contributed by atoms with E-state index in [4.69, 9.17) is 9.47 Å². The number of benzene rings is 2. The van der Waals surface area contributed by atoms with Gasteiger partial charge in [-0.15, -0.1) is 0 Å². The maximum atomic E-state index is 13.8. The fraction of sp³-hybridized carbons (Fsp3) is 0.278. The van der Waals surface area contributed by atoms with Crippen LogP contribution in [0.4, 0.5) is 10.1 Å². The average Bonchev–Trinajstić information content (AvgIpc) is 2.97. The first-order chi connectivity index (χ1) is 11.5. The molecule has 6 heteroatoms. The van der Waals surface area contributed by atoms with Crippen molar-refractivity contribution in [2.75, 3.05) is 25.7 Å². The first-order valence-electron chi connectivity index (χ1n) is 7.64. The van der Waals surface area contributed by atoms with Crippen LogP contribution in [0.1, 0.15) is 11.1 Å². The monoisotopic (exact) mass is 330 g/mol. The third-order valence-electron chi connectivity index (χ3n) is 3.70. The smallest absolute Gasteiger partial charge is 0.238 e. The van der Waals surface area contributed by atoms with Crippen LogP contribution in [0, 0.1) is 12.7 Å². The van der Waals surface area contributed by atoms with Crippen molar-refractivity contribution >= 4 is 11.6 Å². The number of nitrogens with one attached hydrogen (secondary N) is 1. The summed E-state index contributed by atoms with van der Waals surface area (Å²) < 4.78 is 24.4. The molecule has 1 N–H and O–H groups in total. The quantitative estimate of drug-likeness (QED) is 0.916. The average molecular weight is 330 g/mol. The number of hydrogen-bond donors (Lipinski definition) is 1. The van der Waals surface area contributed by atoms with Crippen LogP contribution >= 0.6 is 0 Å². The van der Waals surface area contributed by atoms with Crippen molar-refractivity contribution in [3.8, 4) is 11.5 Å². The molecule has 2 aromatic rings. The first-order valence-corrected chi connectivity index (χ1v) is 7.64. The molecule has 0 unspecified atom stereocenters. The number of nitrogens with zero attached hydrogens (tertiary/aromatic N) is 1. The maximum Gasteiger partial charge on any atom is 0.238 e. The van der Waals surface area contributed by atoms with Gasteiger partial charge in [0, 0.05) is 6.54 Å². The summed E-state index contributed by atoms with van der Waals surface area (Å²) in [5.41, 5.74) is 2.02. The summed E-state index contributed by atoms with van der Waals surface area (Å²) in [6, 6.07) is 10.4. The van der Waals surface area contributed by atoms with E-state index in [0.717, 1.165) is 16.9 Å². The van der Waals surface area contributed by atoms with E-state index < -0.39 is 5.82 Å². The summed E-state index contributed by atoms with van der Waals surface area (Å²) in [5.74, 6) is 0.754. The van der Waals surface area contributed by atoms with E-state index in [1.165, 1.54) is 6.07 Å². The van der Waals surface area contributed by atoms with Gasteiger partial charge in [0.25, 0.3) is 0 Å². The summed E-state index contributed by atoms with van der Waals surface area (Å²) in [5, 5.41) is 2.60. The maximum absolute atomic E-state index is 13.8. The van der Waals surface area contributed by atoms with E-state index in [2.05, 4.69) is 5.32 Å². The lowest BCUT2D eigenvalue weighted by molar-refractivity contribution is -0.117. The summed E-state index contributed by atoms with van der Waals surface area (Å²) in [4.78, 5) is 13.9. The molecule has 1 heterocycles. The number of aryl methyl sites for hydroxylation is 1. The molecule has 0 spiro atoms. The summed E-state index contributed by atoms with van der Waals surface area (Å²) in [7, 11) is 1.83. The molecule has 3 rings (SSSR count). The Labute approximate surface area is 140 Å². The molecule has 1 aliphatic heterocycles. The highest BCUT2D eigenvalue weighted by Gasteiger charge is 2.15. The number of likely N-dealkylation sites (N-methyl/N-ethyl adjacent to an activating group) is 1. The highest BCUT2D eigenvalue weighted by atomic mass is 19.1. The predicted octanol–water partition coefficient (Wildman–Crippen LogP) is 2.93. The number of amides is 1. The van der Waals surface area contributed by atoms with Crippen LogP contribution in [0.25, 0.3) is 0 Å². The lowest BCUT2D eigenvalue weighted by Gasteiger charge is -2.17. The van der Waals surface area contributed by atoms with E-state index >= 15 is 0 Å².